The second kappa shape index (κ2) is 9.29. The zero-order chi connectivity index (χ0) is 24.9. The molecule has 0 radical (unpaired) electrons. The molecule has 32 heavy (non-hydrogen) atoms. The lowest BCUT2D eigenvalue weighted by atomic mass is 10.2. The first-order valence-corrected chi connectivity index (χ1v) is 7.42. The molecular weight excluding hydrogens is 448 g/mol. The minimum absolute atomic E-state index is 0.572. The fraction of sp³-hybridized carbons (Fsp3) is 0. The van der Waals surface area contributed by atoms with Crippen LogP contribution in [0.4, 0.5) is 45.5 Å². The molecule has 0 aliphatic rings. The van der Waals surface area contributed by atoms with Gasteiger partial charge < -0.3 is 11.5 Å². The molecule has 0 bridgehead atoms. The third-order valence-corrected chi connectivity index (χ3v) is 3.45. The predicted octanol–water partition coefficient (Wildman–Crippen LogP) is 1.99. The highest BCUT2D eigenvalue weighted by atomic mass is 16.6. The summed E-state index contributed by atoms with van der Waals surface area (Å²) in [7, 11) is 0. The van der Waals surface area contributed by atoms with Crippen LogP contribution in [-0.2, 0) is 0 Å². The minimum atomic E-state index is -1.02. The smallest absolute Gasteiger partial charge is 0.306 e. The lowest BCUT2D eigenvalue weighted by Crippen LogP contribution is -2.02. The van der Waals surface area contributed by atoms with Crippen LogP contribution in [0.1, 0.15) is 0 Å². The molecule has 0 saturated carbocycles. The molecule has 0 fully saturated rings. The number of anilines is 2. The van der Waals surface area contributed by atoms with Crippen molar-refractivity contribution >= 4 is 45.5 Å². The summed E-state index contributed by atoms with van der Waals surface area (Å²) in [5, 5.41) is 62.6. The van der Waals surface area contributed by atoms with Gasteiger partial charge in [-0.3, -0.25) is 60.7 Å². The summed E-state index contributed by atoms with van der Waals surface area (Å²) in [6.07, 6.45) is 0. The van der Waals surface area contributed by atoms with E-state index >= 15 is 0 Å². The maximum absolute atomic E-state index is 10.5. The van der Waals surface area contributed by atoms with Crippen molar-refractivity contribution < 1.29 is 29.5 Å². The normalized spacial score (nSPS) is 9.75. The average Bonchev–Trinajstić information content (AvgIpc) is 2.67. The number of hydrogen-bond acceptors (Lipinski definition) is 14. The van der Waals surface area contributed by atoms with E-state index in [9.17, 15) is 60.7 Å². The summed E-state index contributed by atoms with van der Waals surface area (Å²) in [5.41, 5.74) is 3.93. The highest BCUT2D eigenvalue weighted by Crippen LogP contribution is 2.36. The van der Waals surface area contributed by atoms with Gasteiger partial charge in [-0.25, -0.2) is 0 Å². The molecule has 20 nitrogen and oxygen atoms in total. The third-order valence-electron chi connectivity index (χ3n) is 3.45. The molecule has 0 aromatic heterocycles. The zero-order valence-electron chi connectivity index (χ0n) is 15.0. The van der Waals surface area contributed by atoms with Crippen molar-refractivity contribution in [2.45, 2.75) is 0 Å². The van der Waals surface area contributed by atoms with Gasteiger partial charge >= 0.3 is 22.7 Å². The van der Waals surface area contributed by atoms with Crippen LogP contribution < -0.4 is 11.5 Å². The van der Waals surface area contributed by atoms with Gasteiger partial charge in [0.05, 0.1) is 53.8 Å². The Morgan fingerprint density at radius 3 is 0.750 bits per heavy atom. The summed E-state index contributed by atoms with van der Waals surface area (Å²) in [4.78, 5) is 56.6. The van der Waals surface area contributed by atoms with E-state index in [2.05, 4.69) is 0 Å². The van der Waals surface area contributed by atoms with Crippen molar-refractivity contribution in [3.05, 3.63) is 85.0 Å². The van der Waals surface area contributed by atoms with E-state index in [4.69, 9.17) is 11.5 Å². The maximum Gasteiger partial charge on any atom is 0.306 e. The monoisotopic (exact) mass is 456 g/mol. The summed E-state index contributed by atoms with van der Waals surface area (Å²) in [6, 6.07) is 2.29. The Morgan fingerprint density at radius 1 is 0.438 bits per heavy atom. The van der Waals surface area contributed by atoms with Crippen LogP contribution >= 0.6 is 0 Å². The van der Waals surface area contributed by atoms with Crippen molar-refractivity contribution in [1.29, 1.82) is 0 Å². The minimum Gasteiger partial charge on any atom is -0.387 e. The van der Waals surface area contributed by atoms with Gasteiger partial charge in [-0.1, -0.05) is 0 Å². The fourth-order valence-corrected chi connectivity index (χ4v) is 2.03. The number of nitrogens with two attached hydrogens (primary N) is 2. The van der Waals surface area contributed by atoms with Crippen molar-refractivity contribution in [3.8, 4) is 0 Å². The van der Waals surface area contributed by atoms with E-state index in [1.165, 1.54) is 0 Å². The SMILES string of the molecule is Nc1c([N+](=O)[O-])cc([N+](=O)[O-])cc1[N+](=O)[O-].Nc1c([N+](=O)[O-])cc([N+](=O)[O-])cc1[N+](=O)[O-]. The number of benzene rings is 2. The molecule has 0 aliphatic heterocycles. The number of nitro benzene ring substituents is 6. The Bertz CT molecular complexity index is 1020. The molecule has 0 aliphatic carbocycles. The molecule has 2 rings (SSSR count). The fourth-order valence-electron chi connectivity index (χ4n) is 2.03. The van der Waals surface area contributed by atoms with E-state index in [0.717, 1.165) is 0 Å². The number of hydrogen-bond donors (Lipinski definition) is 2. The quantitative estimate of drug-likeness (QED) is 0.356. The molecule has 0 unspecified atom stereocenters. The molecule has 0 spiro atoms. The van der Waals surface area contributed by atoms with E-state index in [-0.39, 0.29) is 0 Å². The maximum atomic E-state index is 10.5. The van der Waals surface area contributed by atoms with Crippen molar-refractivity contribution in [1.82, 2.24) is 0 Å². The van der Waals surface area contributed by atoms with Gasteiger partial charge in [-0.15, -0.1) is 0 Å². The Hall–Kier alpha value is -5.56. The topological polar surface area (TPSA) is 311 Å². The number of rotatable bonds is 6. The van der Waals surface area contributed by atoms with Crippen molar-refractivity contribution in [2.24, 2.45) is 0 Å². The second-order valence-electron chi connectivity index (χ2n) is 5.34. The van der Waals surface area contributed by atoms with Gasteiger partial charge in [-0.05, 0) is 0 Å². The summed E-state index contributed by atoms with van der Waals surface area (Å²) >= 11 is 0. The third kappa shape index (κ3) is 5.28. The van der Waals surface area contributed by atoms with Crippen LogP contribution in [0.3, 0.4) is 0 Å². The van der Waals surface area contributed by atoms with Crippen LogP contribution in [0, 0.1) is 60.7 Å². The molecule has 0 saturated heterocycles. The van der Waals surface area contributed by atoms with E-state index in [1.54, 1.807) is 0 Å². The van der Waals surface area contributed by atoms with Gasteiger partial charge in [0.15, 0.2) is 11.4 Å². The summed E-state index contributed by atoms with van der Waals surface area (Å²) < 4.78 is 0. The molecular formula is C12H8N8O12. The van der Waals surface area contributed by atoms with E-state index in [0.29, 0.717) is 24.3 Å². The van der Waals surface area contributed by atoms with Crippen LogP contribution in [0.15, 0.2) is 24.3 Å². The molecule has 20 heteroatoms. The van der Waals surface area contributed by atoms with Crippen molar-refractivity contribution in [3.63, 3.8) is 0 Å². The Kier molecular flexibility index (Phi) is 7.11. The van der Waals surface area contributed by atoms with Crippen LogP contribution in [0.2, 0.25) is 0 Å². The highest BCUT2D eigenvalue weighted by molar-refractivity contribution is 5.75. The van der Waals surface area contributed by atoms with Gasteiger partial charge in [0.1, 0.15) is 0 Å². The first-order chi connectivity index (χ1) is 14.7. The first kappa shape index (κ1) is 24.5. The average molecular weight is 456 g/mol. The Morgan fingerprint density at radius 2 is 0.625 bits per heavy atom. The molecule has 4 N–H and O–H groups in total. The van der Waals surface area contributed by atoms with Gasteiger partial charge in [0, 0.05) is 0 Å². The molecule has 168 valence electrons. The molecule has 0 amide bonds. The first-order valence-electron chi connectivity index (χ1n) is 7.42. The predicted molar refractivity (Wildman–Crippen MR) is 102 cm³/mol. The number of nitrogens with zero attached hydrogens (tertiary/aromatic N) is 6. The lowest BCUT2D eigenvalue weighted by molar-refractivity contribution is -0.402. The second-order valence-corrected chi connectivity index (χ2v) is 5.34. The molecule has 0 heterocycles. The molecule has 2 aromatic rings. The number of nitrogen functional groups attached to an aromatic ring is 2. The Labute approximate surface area is 172 Å². The van der Waals surface area contributed by atoms with Crippen LogP contribution in [-0.4, -0.2) is 29.5 Å². The van der Waals surface area contributed by atoms with Gasteiger partial charge in [0.2, 0.25) is 0 Å². The molecule has 2 aromatic carbocycles. The number of nitro groups is 6. The van der Waals surface area contributed by atoms with E-state index < -0.39 is 75.0 Å². The van der Waals surface area contributed by atoms with Crippen molar-refractivity contribution in [2.75, 3.05) is 11.5 Å². The molecule has 0 atom stereocenters. The van der Waals surface area contributed by atoms with Gasteiger partial charge in [-0.2, -0.15) is 0 Å². The largest absolute Gasteiger partial charge is 0.387 e. The standard InChI is InChI=1S/2C6H4N4O6/c2*7-6-4(9(13)14)1-3(8(11)12)2-5(6)10(15)16/h2*1-2H,7H2. The zero-order valence-corrected chi connectivity index (χ0v) is 15.0. The van der Waals surface area contributed by atoms with Gasteiger partial charge in [0.25, 0.3) is 11.4 Å². The summed E-state index contributed by atoms with van der Waals surface area (Å²) in [6.45, 7) is 0. The number of non-ortho nitro benzene ring substituents is 2. The lowest BCUT2D eigenvalue weighted by Gasteiger charge is -1.98. The van der Waals surface area contributed by atoms with Crippen LogP contribution in [0.5, 0.6) is 0 Å². The van der Waals surface area contributed by atoms with E-state index in [1.807, 2.05) is 0 Å². The summed E-state index contributed by atoms with van der Waals surface area (Å²) in [5.74, 6) is 0. The highest BCUT2D eigenvalue weighted by Gasteiger charge is 2.29. The van der Waals surface area contributed by atoms with Crippen LogP contribution in [0.25, 0.3) is 0 Å². The Balaban J connectivity index is 0.000000320.